The van der Waals surface area contributed by atoms with Crippen LogP contribution in [0.15, 0.2) is 29.3 Å². The number of methoxy groups -OCH3 is 1. The van der Waals surface area contributed by atoms with Gasteiger partial charge < -0.3 is 16.2 Å². The number of hydrogen-bond acceptors (Lipinski definition) is 4. The first-order valence-corrected chi connectivity index (χ1v) is 4.51. The molecule has 1 rings (SSSR count). The lowest BCUT2D eigenvalue weighted by atomic mass is 10.1. The highest BCUT2D eigenvalue weighted by atomic mass is 16.5. The highest BCUT2D eigenvalue weighted by molar-refractivity contribution is 5.86. The average molecular weight is 205 g/mol. The van der Waals surface area contributed by atoms with Crippen molar-refractivity contribution in [1.82, 2.24) is 0 Å². The molecular weight excluding hydrogens is 190 g/mol. The number of allylic oxidation sites excluding steroid dienone is 1. The number of aliphatic imine (C=N–C) groups is 1. The van der Waals surface area contributed by atoms with E-state index in [1.165, 1.54) is 0 Å². The van der Waals surface area contributed by atoms with Gasteiger partial charge in [-0.1, -0.05) is 6.07 Å². The smallest absolute Gasteiger partial charge is 0.151 e. The van der Waals surface area contributed by atoms with Crippen molar-refractivity contribution in [3.05, 3.63) is 29.8 Å². The van der Waals surface area contributed by atoms with E-state index in [0.29, 0.717) is 17.1 Å². The first-order valence-electron chi connectivity index (χ1n) is 4.51. The van der Waals surface area contributed by atoms with E-state index in [2.05, 4.69) is 4.99 Å². The molecule has 0 spiro atoms. The highest BCUT2D eigenvalue weighted by Crippen LogP contribution is 2.28. The van der Waals surface area contributed by atoms with E-state index in [4.69, 9.17) is 16.2 Å². The molecule has 0 unspecified atom stereocenters. The van der Waals surface area contributed by atoms with Crippen LogP contribution in [-0.2, 0) is 0 Å². The predicted octanol–water partition coefficient (Wildman–Crippen LogP) is 1.28. The second-order valence-corrected chi connectivity index (χ2v) is 2.96. The van der Waals surface area contributed by atoms with Crippen LogP contribution in [0.1, 0.15) is 5.56 Å². The summed E-state index contributed by atoms with van der Waals surface area (Å²) >= 11 is 0. The lowest BCUT2D eigenvalue weighted by Crippen LogP contribution is -2.02. The van der Waals surface area contributed by atoms with Crippen molar-refractivity contribution >= 4 is 17.6 Å². The second kappa shape index (κ2) is 5.05. The molecule has 0 heterocycles. The van der Waals surface area contributed by atoms with Crippen molar-refractivity contribution in [2.45, 2.75) is 0 Å². The highest BCUT2D eigenvalue weighted by Gasteiger charge is 2.07. The molecule has 0 fully saturated rings. The number of para-hydroxylation sites is 1. The molecule has 0 atom stereocenters. The molecule has 1 aromatic rings. The van der Waals surface area contributed by atoms with Crippen LogP contribution < -0.4 is 16.2 Å². The molecule has 0 aliphatic heterocycles. The minimum absolute atomic E-state index is 0.569. The standard InChI is InChI=1S/C11H15N3O/c1-14-7-6-9(12)8-4-3-5-10(13)11(8)15-2/h3-7H,12-13H2,1-2H3. The molecule has 80 valence electrons. The van der Waals surface area contributed by atoms with Gasteiger partial charge in [-0.05, 0) is 18.2 Å². The first kappa shape index (κ1) is 11.1. The Labute approximate surface area is 89.3 Å². The SMILES string of the molecule is CN=CC=C(N)c1cccc(N)c1OC. The predicted molar refractivity (Wildman–Crippen MR) is 64.0 cm³/mol. The van der Waals surface area contributed by atoms with Crippen molar-refractivity contribution in [2.24, 2.45) is 10.7 Å². The van der Waals surface area contributed by atoms with Gasteiger partial charge in [-0.15, -0.1) is 0 Å². The zero-order valence-corrected chi connectivity index (χ0v) is 8.90. The van der Waals surface area contributed by atoms with Gasteiger partial charge in [0.05, 0.1) is 12.8 Å². The minimum atomic E-state index is 0.569. The van der Waals surface area contributed by atoms with Gasteiger partial charge in [0.15, 0.2) is 5.75 Å². The number of nitrogen functional groups attached to an aromatic ring is 1. The number of nitrogens with two attached hydrogens (primary N) is 2. The van der Waals surface area contributed by atoms with E-state index in [1.54, 1.807) is 32.5 Å². The normalized spacial score (nSPS) is 12.0. The van der Waals surface area contributed by atoms with E-state index in [9.17, 15) is 0 Å². The van der Waals surface area contributed by atoms with Gasteiger partial charge in [-0.3, -0.25) is 4.99 Å². The Bertz CT molecular complexity index is 397. The van der Waals surface area contributed by atoms with E-state index < -0.39 is 0 Å². The summed E-state index contributed by atoms with van der Waals surface area (Å²) in [6.45, 7) is 0. The third-order valence-electron chi connectivity index (χ3n) is 1.96. The maximum atomic E-state index is 5.86. The van der Waals surface area contributed by atoms with Crippen LogP contribution in [-0.4, -0.2) is 20.4 Å². The molecule has 0 aromatic heterocycles. The molecule has 0 saturated carbocycles. The lowest BCUT2D eigenvalue weighted by Gasteiger charge is -2.10. The Morgan fingerprint density at radius 3 is 2.80 bits per heavy atom. The first-order chi connectivity index (χ1) is 7.20. The van der Waals surface area contributed by atoms with Crippen LogP contribution in [0.4, 0.5) is 5.69 Å². The summed E-state index contributed by atoms with van der Waals surface area (Å²) in [5, 5.41) is 0. The molecule has 1 aromatic carbocycles. The molecule has 0 bridgehead atoms. The molecule has 0 saturated heterocycles. The zero-order valence-electron chi connectivity index (χ0n) is 8.90. The van der Waals surface area contributed by atoms with E-state index in [1.807, 2.05) is 12.1 Å². The van der Waals surface area contributed by atoms with E-state index in [0.717, 1.165) is 5.56 Å². The molecule has 4 heteroatoms. The van der Waals surface area contributed by atoms with Gasteiger partial charge in [0, 0.05) is 24.5 Å². The van der Waals surface area contributed by atoms with Crippen LogP contribution in [0.5, 0.6) is 5.75 Å². The third-order valence-corrected chi connectivity index (χ3v) is 1.96. The fraction of sp³-hybridized carbons (Fsp3) is 0.182. The van der Waals surface area contributed by atoms with Gasteiger partial charge in [-0.25, -0.2) is 0 Å². The fourth-order valence-corrected chi connectivity index (χ4v) is 1.25. The number of nitrogens with zero attached hydrogens (tertiary/aromatic N) is 1. The second-order valence-electron chi connectivity index (χ2n) is 2.96. The summed E-state index contributed by atoms with van der Waals surface area (Å²) in [6.07, 6.45) is 3.33. The van der Waals surface area contributed by atoms with E-state index in [-0.39, 0.29) is 0 Å². The quantitative estimate of drug-likeness (QED) is 0.576. The molecule has 4 N–H and O–H groups in total. The lowest BCUT2D eigenvalue weighted by molar-refractivity contribution is 0.415. The molecule has 0 aliphatic rings. The zero-order chi connectivity index (χ0) is 11.3. The monoisotopic (exact) mass is 205 g/mol. The fourth-order valence-electron chi connectivity index (χ4n) is 1.25. The summed E-state index contributed by atoms with van der Waals surface area (Å²) in [5.41, 5.74) is 13.5. The van der Waals surface area contributed by atoms with Gasteiger partial charge >= 0.3 is 0 Å². The largest absolute Gasteiger partial charge is 0.494 e. The van der Waals surface area contributed by atoms with Gasteiger partial charge in [-0.2, -0.15) is 0 Å². The van der Waals surface area contributed by atoms with Crippen LogP contribution in [0.3, 0.4) is 0 Å². The third kappa shape index (κ3) is 2.49. The number of hydrogen-bond donors (Lipinski definition) is 2. The topological polar surface area (TPSA) is 73.6 Å². The number of rotatable bonds is 3. The van der Waals surface area contributed by atoms with Crippen LogP contribution in [0.25, 0.3) is 5.70 Å². The summed E-state index contributed by atoms with van der Waals surface area (Å²) in [6, 6.07) is 5.45. The van der Waals surface area contributed by atoms with Crippen molar-refractivity contribution in [3.63, 3.8) is 0 Å². The summed E-state index contributed by atoms with van der Waals surface area (Å²) in [4.78, 5) is 3.83. The Hall–Kier alpha value is -1.97. The molecule has 0 amide bonds. The number of anilines is 1. The van der Waals surface area contributed by atoms with Gasteiger partial charge in [0.25, 0.3) is 0 Å². The minimum Gasteiger partial charge on any atom is -0.494 e. The van der Waals surface area contributed by atoms with Crippen molar-refractivity contribution in [1.29, 1.82) is 0 Å². The van der Waals surface area contributed by atoms with Gasteiger partial charge in [0.1, 0.15) is 0 Å². The van der Waals surface area contributed by atoms with Crippen molar-refractivity contribution < 1.29 is 4.74 Å². The Morgan fingerprint density at radius 2 is 2.20 bits per heavy atom. The molecule has 4 nitrogen and oxygen atoms in total. The maximum Gasteiger partial charge on any atom is 0.151 e. The summed E-state index contributed by atoms with van der Waals surface area (Å²) in [5.74, 6) is 0.593. The Morgan fingerprint density at radius 1 is 1.47 bits per heavy atom. The van der Waals surface area contributed by atoms with Crippen LogP contribution in [0.2, 0.25) is 0 Å². The molecule has 15 heavy (non-hydrogen) atoms. The molecule has 0 aliphatic carbocycles. The van der Waals surface area contributed by atoms with E-state index >= 15 is 0 Å². The van der Waals surface area contributed by atoms with Crippen LogP contribution >= 0.6 is 0 Å². The molecular formula is C11H15N3O. The number of benzene rings is 1. The summed E-state index contributed by atoms with van der Waals surface area (Å²) in [7, 11) is 3.25. The summed E-state index contributed by atoms with van der Waals surface area (Å²) < 4.78 is 5.19. The van der Waals surface area contributed by atoms with Gasteiger partial charge in [0.2, 0.25) is 0 Å². The van der Waals surface area contributed by atoms with Crippen LogP contribution in [0, 0.1) is 0 Å². The average Bonchev–Trinajstić information content (AvgIpc) is 2.25. The Balaban J connectivity index is 3.19. The maximum absolute atomic E-state index is 5.86. The van der Waals surface area contributed by atoms with Crippen molar-refractivity contribution in [2.75, 3.05) is 19.9 Å². The molecule has 0 radical (unpaired) electrons. The Kier molecular flexibility index (Phi) is 3.74. The number of ether oxygens (including phenoxy) is 1. The van der Waals surface area contributed by atoms with Crippen molar-refractivity contribution in [3.8, 4) is 5.75 Å².